The van der Waals surface area contributed by atoms with Crippen molar-refractivity contribution in [2.24, 2.45) is 11.1 Å². The van der Waals surface area contributed by atoms with E-state index in [1.807, 2.05) is 0 Å². The summed E-state index contributed by atoms with van der Waals surface area (Å²) in [5.41, 5.74) is 6.42. The van der Waals surface area contributed by atoms with Crippen LogP contribution >= 0.6 is 22.6 Å². The molecule has 0 rings (SSSR count). The average Bonchev–Trinajstić information content (AvgIpc) is 1.84. The van der Waals surface area contributed by atoms with Crippen molar-refractivity contribution in [2.45, 2.75) is 56.9 Å². The van der Waals surface area contributed by atoms with Gasteiger partial charge >= 0.3 is 0 Å². The van der Waals surface area contributed by atoms with Crippen LogP contribution in [0.5, 0.6) is 0 Å². The SMILES string of the molecule is CCC(C)(C)C(N)CC(C)(C)I. The van der Waals surface area contributed by atoms with E-state index in [0.717, 1.165) is 12.8 Å². The molecule has 12 heavy (non-hydrogen) atoms. The van der Waals surface area contributed by atoms with Crippen LogP contribution < -0.4 is 5.73 Å². The summed E-state index contributed by atoms with van der Waals surface area (Å²) in [6, 6.07) is 0.314. The molecule has 0 bridgehead atoms. The van der Waals surface area contributed by atoms with Crippen LogP contribution in [0.1, 0.15) is 47.5 Å². The molecular weight excluding hydrogens is 261 g/mol. The summed E-state index contributed by atoms with van der Waals surface area (Å²) in [4.78, 5) is 0. The van der Waals surface area contributed by atoms with Crippen LogP contribution in [0.4, 0.5) is 0 Å². The molecule has 0 amide bonds. The lowest BCUT2D eigenvalue weighted by molar-refractivity contribution is 0.253. The highest BCUT2D eigenvalue weighted by atomic mass is 127. The molecule has 2 heteroatoms. The molecule has 0 aromatic rings. The van der Waals surface area contributed by atoms with Gasteiger partial charge in [-0.05, 0) is 18.3 Å². The lowest BCUT2D eigenvalue weighted by Crippen LogP contribution is -2.40. The third kappa shape index (κ3) is 4.65. The quantitative estimate of drug-likeness (QED) is 0.621. The van der Waals surface area contributed by atoms with E-state index in [1.165, 1.54) is 0 Å². The number of hydrogen-bond acceptors (Lipinski definition) is 1. The van der Waals surface area contributed by atoms with Crippen LogP contribution in [0.3, 0.4) is 0 Å². The first-order valence-corrected chi connectivity index (χ1v) is 5.71. The van der Waals surface area contributed by atoms with Gasteiger partial charge in [-0.2, -0.15) is 0 Å². The maximum absolute atomic E-state index is 6.14. The van der Waals surface area contributed by atoms with Crippen LogP contribution in [-0.4, -0.2) is 9.46 Å². The summed E-state index contributed by atoms with van der Waals surface area (Å²) in [5, 5.41) is 0. The van der Waals surface area contributed by atoms with Gasteiger partial charge in [0.2, 0.25) is 0 Å². The van der Waals surface area contributed by atoms with Crippen molar-refractivity contribution in [2.75, 3.05) is 0 Å². The third-order valence-electron chi connectivity index (χ3n) is 2.62. The molecule has 0 aliphatic carbocycles. The first-order valence-electron chi connectivity index (χ1n) is 4.63. The Kier molecular flexibility index (Phi) is 4.51. The highest BCUT2D eigenvalue weighted by molar-refractivity contribution is 14.1. The minimum atomic E-state index is 0.280. The van der Waals surface area contributed by atoms with E-state index >= 15 is 0 Å². The van der Waals surface area contributed by atoms with E-state index < -0.39 is 0 Å². The van der Waals surface area contributed by atoms with Gasteiger partial charge in [0.25, 0.3) is 0 Å². The zero-order valence-corrected chi connectivity index (χ0v) is 11.1. The average molecular weight is 283 g/mol. The van der Waals surface area contributed by atoms with E-state index in [4.69, 9.17) is 5.73 Å². The molecule has 0 saturated heterocycles. The minimum Gasteiger partial charge on any atom is -0.327 e. The van der Waals surface area contributed by atoms with Gasteiger partial charge in [-0.25, -0.2) is 0 Å². The highest BCUT2D eigenvalue weighted by Crippen LogP contribution is 2.32. The maximum atomic E-state index is 6.14. The van der Waals surface area contributed by atoms with Crippen LogP contribution in [0.2, 0.25) is 0 Å². The van der Waals surface area contributed by atoms with Crippen LogP contribution in [0, 0.1) is 5.41 Å². The van der Waals surface area contributed by atoms with Gasteiger partial charge in [0, 0.05) is 9.46 Å². The van der Waals surface area contributed by atoms with Crippen molar-refractivity contribution in [3.05, 3.63) is 0 Å². The molecule has 0 aliphatic rings. The molecule has 74 valence electrons. The Morgan fingerprint density at radius 2 is 1.67 bits per heavy atom. The van der Waals surface area contributed by atoms with Crippen molar-refractivity contribution < 1.29 is 0 Å². The summed E-state index contributed by atoms with van der Waals surface area (Å²) in [5.74, 6) is 0. The van der Waals surface area contributed by atoms with Crippen LogP contribution in [0.25, 0.3) is 0 Å². The van der Waals surface area contributed by atoms with E-state index in [-0.39, 0.29) is 5.41 Å². The zero-order valence-electron chi connectivity index (χ0n) is 8.95. The number of alkyl halides is 1. The lowest BCUT2D eigenvalue weighted by atomic mass is 9.79. The second-order valence-electron chi connectivity index (χ2n) is 4.87. The molecule has 0 radical (unpaired) electrons. The maximum Gasteiger partial charge on any atom is 0.0181 e. The topological polar surface area (TPSA) is 26.0 Å². The Morgan fingerprint density at radius 1 is 1.25 bits per heavy atom. The number of nitrogens with two attached hydrogens (primary N) is 1. The number of rotatable bonds is 4. The first kappa shape index (κ1) is 12.7. The molecule has 0 fully saturated rings. The van der Waals surface area contributed by atoms with Crippen molar-refractivity contribution in [1.29, 1.82) is 0 Å². The summed E-state index contributed by atoms with van der Waals surface area (Å²) in [6.07, 6.45) is 2.25. The summed E-state index contributed by atoms with van der Waals surface area (Å²) in [6.45, 7) is 11.2. The van der Waals surface area contributed by atoms with Gasteiger partial charge in [0.05, 0.1) is 0 Å². The standard InChI is InChI=1S/C10H22IN/c1-6-9(2,3)8(12)7-10(4,5)11/h8H,6-7,12H2,1-5H3. The van der Waals surface area contributed by atoms with Gasteiger partial charge in [0.1, 0.15) is 0 Å². The lowest BCUT2D eigenvalue weighted by Gasteiger charge is -2.34. The van der Waals surface area contributed by atoms with E-state index in [2.05, 4.69) is 57.2 Å². The number of hydrogen-bond donors (Lipinski definition) is 1. The molecule has 0 heterocycles. The van der Waals surface area contributed by atoms with Gasteiger partial charge in [-0.15, -0.1) is 0 Å². The Hall–Kier alpha value is 0.690. The molecular formula is C10H22IN. The Bertz CT molecular complexity index is 135. The summed E-state index contributed by atoms with van der Waals surface area (Å²) in [7, 11) is 0. The van der Waals surface area contributed by atoms with Crippen molar-refractivity contribution in [3.8, 4) is 0 Å². The fourth-order valence-corrected chi connectivity index (χ4v) is 1.54. The Labute approximate surface area is 90.6 Å². The predicted molar refractivity (Wildman–Crippen MR) is 64.8 cm³/mol. The van der Waals surface area contributed by atoms with Crippen molar-refractivity contribution in [1.82, 2.24) is 0 Å². The smallest absolute Gasteiger partial charge is 0.0181 e. The molecule has 0 aliphatic heterocycles. The van der Waals surface area contributed by atoms with Gasteiger partial charge in [-0.1, -0.05) is 57.2 Å². The zero-order chi connectivity index (χ0) is 9.99. The van der Waals surface area contributed by atoms with E-state index in [1.54, 1.807) is 0 Å². The van der Waals surface area contributed by atoms with Gasteiger partial charge in [-0.3, -0.25) is 0 Å². The van der Waals surface area contributed by atoms with Crippen LogP contribution in [0.15, 0.2) is 0 Å². The minimum absolute atomic E-state index is 0.280. The van der Waals surface area contributed by atoms with Gasteiger partial charge in [0.15, 0.2) is 0 Å². The van der Waals surface area contributed by atoms with Crippen molar-refractivity contribution in [3.63, 3.8) is 0 Å². The molecule has 0 saturated carbocycles. The summed E-state index contributed by atoms with van der Waals surface area (Å²) < 4.78 is 0.323. The third-order valence-corrected chi connectivity index (χ3v) is 3.06. The van der Waals surface area contributed by atoms with E-state index in [9.17, 15) is 0 Å². The van der Waals surface area contributed by atoms with E-state index in [0.29, 0.717) is 9.46 Å². The summed E-state index contributed by atoms with van der Waals surface area (Å²) >= 11 is 2.47. The Balaban J connectivity index is 4.13. The van der Waals surface area contributed by atoms with Gasteiger partial charge < -0.3 is 5.73 Å². The molecule has 1 atom stereocenters. The molecule has 1 nitrogen and oxygen atoms in total. The first-order chi connectivity index (χ1) is 5.19. The Morgan fingerprint density at radius 3 is 1.92 bits per heavy atom. The largest absolute Gasteiger partial charge is 0.327 e. The monoisotopic (exact) mass is 283 g/mol. The number of halogens is 1. The fourth-order valence-electron chi connectivity index (χ4n) is 1.06. The second-order valence-corrected chi connectivity index (χ2v) is 7.79. The van der Waals surface area contributed by atoms with Crippen LogP contribution in [-0.2, 0) is 0 Å². The molecule has 1 unspecified atom stereocenters. The molecule has 0 aromatic heterocycles. The molecule has 0 aromatic carbocycles. The normalized spacial score (nSPS) is 16.2. The fraction of sp³-hybridized carbons (Fsp3) is 1.00. The second kappa shape index (κ2) is 4.27. The van der Waals surface area contributed by atoms with Crippen molar-refractivity contribution >= 4 is 22.6 Å². The highest BCUT2D eigenvalue weighted by Gasteiger charge is 2.28. The predicted octanol–water partition coefficient (Wildman–Crippen LogP) is 3.35. The molecule has 2 N–H and O–H groups in total. The molecule has 0 spiro atoms.